The van der Waals surface area contributed by atoms with Gasteiger partial charge in [-0.1, -0.05) is 12.6 Å². The number of amides is 2. The van der Waals surface area contributed by atoms with E-state index in [0.29, 0.717) is 18.7 Å². The van der Waals surface area contributed by atoms with Crippen LogP contribution in [0.5, 0.6) is 0 Å². The number of benzene rings is 1. The quantitative estimate of drug-likeness (QED) is 0.762. The predicted molar refractivity (Wildman–Crippen MR) is 104 cm³/mol. The molecule has 2 heterocycles. The van der Waals surface area contributed by atoms with Gasteiger partial charge in [0.05, 0.1) is 6.54 Å². The monoisotopic (exact) mass is 367 g/mol. The third kappa shape index (κ3) is 3.63. The molecular weight excluding hydrogens is 342 g/mol. The molecule has 27 heavy (non-hydrogen) atoms. The summed E-state index contributed by atoms with van der Waals surface area (Å²) >= 11 is 0. The van der Waals surface area contributed by atoms with E-state index in [1.165, 1.54) is 6.08 Å². The standard InChI is InChI=1S/C20H25N5O2/c1-5-19(26)24-11-7-9-15-16(8-6-10-17(15)24)20(27)23(4)12-18-22-21-13-25(18)14(2)3/h5-6,8,10,13-14H,1,7,9,11-12H2,2-4H3. The number of hydrogen-bond donors (Lipinski definition) is 0. The van der Waals surface area contributed by atoms with Crippen molar-refractivity contribution in [1.29, 1.82) is 0 Å². The summed E-state index contributed by atoms with van der Waals surface area (Å²) in [6, 6.07) is 5.77. The molecule has 142 valence electrons. The number of carbonyl (C=O) groups is 2. The van der Waals surface area contributed by atoms with E-state index >= 15 is 0 Å². The van der Waals surface area contributed by atoms with Gasteiger partial charge in [-0.25, -0.2) is 0 Å². The summed E-state index contributed by atoms with van der Waals surface area (Å²) < 4.78 is 1.95. The van der Waals surface area contributed by atoms with Crippen LogP contribution in [-0.4, -0.2) is 45.1 Å². The molecule has 0 unspecified atom stereocenters. The Balaban J connectivity index is 1.88. The van der Waals surface area contributed by atoms with Crippen LogP contribution < -0.4 is 4.90 Å². The first-order chi connectivity index (χ1) is 12.9. The fraction of sp³-hybridized carbons (Fsp3) is 0.400. The van der Waals surface area contributed by atoms with E-state index in [4.69, 9.17) is 0 Å². The van der Waals surface area contributed by atoms with Crippen molar-refractivity contribution < 1.29 is 9.59 Å². The molecular formula is C20H25N5O2. The molecule has 0 fully saturated rings. The number of nitrogens with zero attached hydrogens (tertiary/aromatic N) is 5. The fourth-order valence-corrected chi connectivity index (χ4v) is 3.46. The average Bonchev–Trinajstić information content (AvgIpc) is 3.14. The Labute approximate surface area is 159 Å². The molecule has 3 rings (SSSR count). The summed E-state index contributed by atoms with van der Waals surface area (Å²) in [7, 11) is 1.76. The van der Waals surface area contributed by atoms with Gasteiger partial charge in [-0.3, -0.25) is 9.59 Å². The highest BCUT2D eigenvalue weighted by molar-refractivity contribution is 6.04. The molecule has 2 aromatic rings. The molecule has 1 aliphatic rings. The lowest BCUT2D eigenvalue weighted by atomic mass is 9.95. The number of rotatable bonds is 5. The van der Waals surface area contributed by atoms with Gasteiger partial charge < -0.3 is 14.4 Å². The summed E-state index contributed by atoms with van der Waals surface area (Å²) in [6.07, 6.45) is 4.59. The van der Waals surface area contributed by atoms with Gasteiger partial charge in [-0.2, -0.15) is 0 Å². The number of hydrogen-bond acceptors (Lipinski definition) is 4. The van der Waals surface area contributed by atoms with Crippen LogP contribution in [0.15, 0.2) is 37.2 Å². The van der Waals surface area contributed by atoms with Gasteiger partial charge in [0.25, 0.3) is 5.91 Å². The molecule has 7 nitrogen and oxygen atoms in total. The van der Waals surface area contributed by atoms with E-state index in [1.807, 2.05) is 36.6 Å². The van der Waals surface area contributed by atoms with Gasteiger partial charge in [0.15, 0.2) is 5.82 Å². The smallest absolute Gasteiger partial charge is 0.254 e. The fourth-order valence-electron chi connectivity index (χ4n) is 3.46. The maximum absolute atomic E-state index is 13.1. The summed E-state index contributed by atoms with van der Waals surface area (Å²) in [5, 5.41) is 8.10. The van der Waals surface area contributed by atoms with Crippen molar-refractivity contribution in [2.45, 2.75) is 39.3 Å². The first kappa shape index (κ1) is 18.8. The van der Waals surface area contributed by atoms with Crippen molar-refractivity contribution in [3.8, 4) is 0 Å². The largest absolute Gasteiger partial charge is 0.334 e. The van der Waals surface area contributed by atoms with Crippen LogP contribution >= 0.6 is 0 Å². The SMILES string of the molecule is C=CC(=O)N1CCCc2c(C(=O)N(C)Cc3nncn3C(C)C)cccc21. The minimum absolute atomic E-state index is 0.0851. The molecule has 7 heteroatoms. The summed E-state index contributed by atoms with van der Waals surface area (Å²) in [5.41, 5.74) is 2.35. The second-order valence-electron chi connectivity index (χ2n) is 7.01. The van der Waals surface area contributed by atoms with Crippen LogP contribution in [0.4, 0.5) is 5.69 Å². The number of carbonyl (C=O) groups excluding carboxylic acids is 2. The molecule has 0 saturated carbocycles. The van der Waals surface area contributed by atoms with Crippen molar-refractivity contribution >= 4 is 17.5 Å². The van der Waals surface area contributed by atoms with Crippen molar-refractivity contribution in [1.82, 2.24) is 19.7 Å². The van der Waals surface area contributed by atoms with Crippen LogP contribution in [0.3, 0.4) is 0 Å². The highest BCUT2D eigenvalue weighted by atomic mass is 16.2. The van der Waals surface area contributed by atoms with Crippen molar-refractivity contribution in [2.24, 2.45) is 0 Å². The average molecular weight is 367 g/mol. The molecule has 2 amide bonds. The topological polar surface area (TPSA) is 71.3 Å². The molecule has 0 atom stereocenters. The van der Waals surface area contributed by atoms with Crippen molar-refractivity contribution in [3.63, 3.8) is 0 Å². The lowest BCUT2D eigenvalue weighted by molar-refractivity contribution is -0.114. The Morgan fingerprint density at radius 3 is 2.85 bits per heavy atom. The summed E-state index contributed by atoms with van der Waals surface area (Å²) in [5.74, 6) is 0.520. The number of aromatic nitrogens is 3. The zero-order valence-corrected chi connectivity index (χ0v) is 16.1. The van der Waals surface area contributed by atoms with Crippen molar-refractivity contribution in [2.75, 3.05) is 18.5 Å². The second kappa shape index (κ2) is 7.73. The lowest BCUT2D eigenvalue weighted by Crippen LogP contribution is -2.36. The van der Waals surface area contributed by atoms with Gasteiger partial charge in [0, 0.05) is 30.9 Å². The van der Waals surface area contributed by atoms with E-state index in [0.717, 1.165) is 29.9 Å². The van der Waals surface area contributed by atoms with Crippen LogP contribution in [0.1, 0.15) is 48.1 Å². The van der Waals surface area contributed by atoms with Gasteiger partial charge in [-0.15, -0.1) is 10.2 Å². The van der Waals surface area contributed by atoms with Crippen LogP contribution in [0, 0.1) is 0 Å². The molecule has 1 aromatic carbocycles. The maximum atomic E-state index is 13.1. The molecule has 0 bridgehead atoms. The molecule has 1 aromatic heterocycles. The molecule has 0 saturated heterocycles. The zero-order chi connectivity index (χ0) is 19.6. The van der Waals surface area contributed by atoms with Crippen LogP contribution in [0.2, 0.25) is 0 Å². The second-order valence-corrected chi connectivity index (χ2v) is 7.01. The van der Waals surface area contributed by atoms with Gasteiger partial charge in [0.1, 0.15) is 6.33 Å². The lowest BCUT2D eigenvalue weighted by Gasteiger charge is -2.30. The van der Waals surface area contributed by atoms with Gasteiger partial charge in [0.2, 0.25) is 5.91 Å². The molecule has 1 aliphatic heterocycles. The minimum Gasteiger partial charge on any atom is -0.334 e. The first-order valence-electron chi connectivity index (χ1n) is 9.13. The van der Waals surface area contributed by atoms with Crippen LogP contribution in [-0.2, 0) is 17.8 Å². The van der Waals surface area contributed by atoms with E-state index in [2.05, 4.69) is 16.8 Å². The minimum atomic E-state index is -0.140. The van der Waals surface area contributed by atoms with Gasteiger partial charge >= 0.3 is 0 Å². The molecule has 0 spiro atoms. The van der Waals surface area contributed by atoms with Crippen LogP contribution in [0.25, 0.3) is 0 Å². The highest BCUT2D eigenvalue weighted by Crippen LogP contribution is 2.31. The Morgan fingerprint density at radius 1 is 1.37 bits per heavy atom. The van der Waals surface area contributed by atoms with E-state index in [9.17, 15) is 9.59 Å². The predicted octanol–water partition coefficient (Wildman–Crippen LogP) is 2.60. The Hall–Kier alpha value is -2.96. The summed E-state index contributed by atoms with van der Waals surface area (Å²) in [6.45, 7) is 8.69. The van der Waals surface area contributed by atoms with E-state index in [-0.39, 0.29) is 17.9 Å². The molecule has 0 aliphatic carbocycles. The van der Waals surface area contributed by atoms with Crippen molar-refractivity contribution in [3.05, 3.63) is 54.1 Å². The third-order valence-corrected chi connectivity index (χ3v) is 4.85. The highest BCUT2D eigenvalue weighted by Gasteiger charge is 2.26. The van der Waals surface area contributed by atoms with E-state index in [1.54, 1.807) is 23.2 Å². The Kier molecular flexibility index (Phi) is 5.39. The maximum Gasteiger partial charge on any atom is 0.254 e. The normalized spacial score (nSPS) is 13.4. The Morgan fingerprint density at radius 2 is 2.15 bits per heavy atom. The third-order valence-electron chi connectivity index (χ3n) is 4.85. The zero-order valence-electron chi connectivity index (χ0n) is 16.1. The summed E-state index contributed by atoms with van der Waals surface area (Å²) in [4.78, 5) is 28.6. The molecule has 0 radical (unpaired) electrons. The number of anilines is 1. The van der Waals surface area contributed by atoms with E-state index < -0.39 is 0 Å². The Bertz CT molecular complexity index is 871. The first-order valence-corrected chi connectivity index (χ1v) is 9.13. The number of fused-ring (bicyclic) bond motifs is 1. The van der Waals surface area contributed by atoms with Gasteiger partial charge in [-0.05, 0) is 50.5 Å². The molecule has 0 N–H and O–H groups in total.